The van der Waals surface area contributed by atoms with E-state index in [1.165, 1.54) is 24.3 Å². The van der Waals surface area contributed by atoms with Crippen molar-refractivity contribution in [3.8, 4) is 0 Å². The molecular formula is C20H17F3N4O. The maximum atomic E-state index is 13.3. The molecule has 0 saturated heterocycles. The summed E-state index contributed by atoms with van der Waals surface area (Å²) in [7, 11) is 0. The summed E-state index contributed by atoms with van der Waals surface area (Å²) in [5.74, 6) is -2.09. The van der Waals surface area contributed by atoms with Crippen LogP contribution < -0.4 is 10.6 Å². The van der Waals surface area contributed by atoms with Crippen molar-refractivity contribution in [2.24, 2.45) is 0 Å². The van der Waals surface area contributed by atoms with E-state index in [9.17, 15) is 18.0 Å². The fraction of sp³-hybridized carbons (Fsp3) is 0.150. The number of aryl methyl sites for hydroxylation is 1. The molecule has 0 saturated carbocycles. The van der Waals surface area contributed by atoms with Gasteiger partial charge in [-0.3, -0.25) is 4.79 Å². The number of carbonyl (C=O) groups is 1. The first-order valence-electron chi connectivity index (χ1n) is 8.51. The van der Waals surface area contributed by atoms with Gasteiger partial charge in [-0.05, 0) is 43.2 Å². The summed E-state index contributed by atoms with van der Waals surface area (Å²) in [6.45, 7) is 2.16. The van der Waals surface area contributed by atoms with Crippen LogP contribution in [0.25, 0.3) is 0 Å². The van der Waals surface area contributed by atoms with Gasteiger partial charge in [-0.2, -0.15) is 0 Å². The van der Waals surface area contributed by atoms with Crippen LogP contribution in [0.3, 0.4) is 0 Å². The number of nitrogens with zero attached hydrogens (tertiary/aromatic N) is 2. The third kappa shape index (κ3) is 5.06. The second-order valence-corrected chi connectivity index (χ2v) is 6.07. The van der Waals surface area contributed by atoms with Crippen LogP contribution >= 0.6 is 0 Å². The molecule has 0 aliphatic rings. The van der Waals surface area contributed by atoms with Crippen molar-refractivity contribution in [3.63, 3.8) is 0 Å². The number of nitrogens with one attached hydrogen (secondary N) is 2. The fourth-order valence-corrected chi connectivity index (χ4v) is 2.53. The molecule has 3 aromatic rings. The van der Waals surface area contributed by atoms with Gasteiger partial charge in [-0.15, -0.1) is 0 Å². The summed E-state index contributed by atoms with van der Waals surface area (Å²) in [6.07, 6.45) is 0.639. The van der Waals surface area contributed by atoms with Crippen LogP contribution in [-0.4, -0.2) is 22.4 Å². The lowest BCUT2D eigenvalue weighted by Gasteiger charge is -2.09. The summed E-state index contributed by atoms with van der Waals surface area (Å²) < 4.78 is 39.2. The van der Waals surface area contributed by atoms with Gasteiger partial charge in [0.25, 0.3) is 5.91 Å². The zero-order valence-electron chi connectivity index (χ0n) is 15.0. The molecule has 3 rings (SSSR count). The van der Waals surface area contributed by atoms with E-state index in [2.05, 4.69) is 20.6 Å². The molecular weight excluding hydrogens is 369 g/mol. The Morgan fingerprint density at radius 3 is 2.43 bits per heavy atom. The lowest BCUT2D eigenvalue weighted by Crippen LogP contribution is -2.16. The van der Waals surface area contributed by atoms with E-state index < -0.39 is 17.5 Å². The third-order valence-electron chi connectivity index (χ3n) is 3.88. The predicted molar refractivity (Wildman–Crippen MR) is 99.7 cm³/mol. The number of amides is 1. The highest BCUT2D eigenvalue weighted by Gasteiger charge is 2.12. The first-order valence-corrected chi connectivity index (χ1v) is 8.51. The van der Waals surface area contributed by atoms with Gasteiger partial charge in [0.05, 0.1) is 0 Å². The second-order valence-electron chi connectivity index (χ2n) is 6.07. The first kappa shape index (κ1) is 19.3. The minimum atomic E-state index is -1.06. The monoisotopic (exact) mass is 386 g/mol. The number of carbonyl (C=O) groups excluding carboxylic acids is 1. The number of hydrogen-bond donors (Lipinski definition) is 2. The van der Waals surface area contributed by atoms with E-state index in [-0.39, 0.29) is 17.2 Å². The Morgan fingerprint density at radius 2 is 1.71 bits per heavy atom. The maximum Gasteiger partial charge on any atom is 0.274 e. The minimum absolute atomic E-state index is 0.0847. The molecule has 2 aromatic carbocycles. The van der Waals surface area contributed by atoms with Crippen molar-refractivity contribution in [1.82, 2.24) is 9.97 Å². The lowest BCUT2D eigenvalue weighted by atomic mass is 10.1. The second kappa shape index (κ2) is 8.51. The Kier molecular flexibility index (Phi) is 5.88. The maximum absolute atomic E-state index is 13.3. The zero-order valence-corrected chi connectivity index (χ0v) is 15.0. The molecule has 1 amide bonds. The first-order chi connectivity index (χ1) is 13.4. The summed E-state index contributed by atoms with van der Waals surface area (Å²) in [5, 5.41) is 5.56. The summed E-state index contributed by atoms with van der Waals surface area (Å²) in [5.41, 5.74) is 1.16. The smallest absolute Gasteiger partial charge is 0.274 e. The molecule has 0 spiro atoms. The molecule has 0 aliphatic heterocycles. The van der Waals surface area contributed by atoms with Crippen molar-refractivity contribution in [2.75, 3.05) is 17.2 Å². The number of benzene rings is 2. The van der Waals surface area contributed by atoms with E-state index in [1.54, 1.807) is 19.1 Å². The van der Waals surface area contributed by atoms with Gasteiger partial charge in [0, 0.05) is 24.4 Å². The number of hydrogen-bond acceptors (Lipinski definition) is 4. The highest BCUT2D eigenvalue weighted by Crippen LogP contribution is 2.15. The van der Waals surface area contributed by atoms with Crippen molar-refractivity contribution in [2.45, 2.75) is 13.3 Å². The van der Waals surface area contributed by atoms with Crippen molar-refractivity contribution < 1.29 is 18.0 Å². The molecule has 144 valence electrons. The molecule has 0 bridgehead atoms. The molecule has 5 nitrogen and oxygen atoms in total. The lowest BCUT2D eigenvalue weighted by molar-refractivity contribution is 0.102. The minimum Gasteiger partial charge on any atom is -0.370 e. The van der Waals surface area contributed by atoms with Crippen LogP contribution in [0.4, 0.5) is 24.7 Å². The van der Waals surface area contributed by atoms with Crippen molar-refractivity contribution >= 4 is 17.4 Å². The average molecular weight is 386 g/mol. The van der Waals surface area contributed by atoms with Gasteiger partial charge in [0.2, 0.25) is 0 Å². The fourth-order valence-electron chi connectivity index (χ4n) is 2.53. The quantitative estimate of drug-likeness (QED) is 0.669. The van der Waals surface area contributed by atoms with E-state index in [0.717, 1.165) is 17.7 Å². The van der Waals surface area contributed by atoms with Crippen molar-refractivity contribution in [3.05, 3.63) is 83.1 Å². The van der Waals surface area contributed by atoms with E-state index >= 15 is 0 Å². The summed E-state index contributed by atoms with van der Waals surface area (Å²) in [6, 6.07) is 10.7. The molecule has 8 heteroatoms. The molecule has 0 fully saturated rings. The predicted octanol–water partition coefficient (Wildman–Crippen LogP) is 4.11. The average Bonchev–Trinajstić information content (AvgIpc) is 2.66. The van der Waals surface area contributed by atoms with E-state index in [1.807, 2.05) is 0 Å². The molecule has 1 heterocycles. The zero-order chi connectivity index (χ0) is 20.1. The van der Waals surface area contributed by atoms with Crippen LogP contribution in [0.15, 0.2) is 48.5 Å². The number of rotatable bonds is 6. The van der Waals surface area contributed by atoms with Gasteiger partial charge < -0.3 is 10.6 Å². The molecule has 2 N–H and O–H groups in total. The molecule has 0 aliphatic carbocycles. The Balaban J connectivity index is 1.65. The normalized spacial score (nSPS) is 10.6. The van der Waals surface area contributed by atoms with Gasteiger partial charge >= 0.3 is 0 Å². The SMILES string of the molecule is Cc1nc(NCCc2ccc(F)cc2)cc(C(=O)Nc2ccc(F)c(F)c2)n1. The van der Waals surface area contributed by atoms with Crippen LogP contribution in [-0.2, 0) is 6.42 Å². The molecule has 1 aromatic heterocycles. The number of aromatic nitrogens is 2. The van der Waals surface area contributed by atoms with Gasteiger partial charge in [-0.1, -0.05) is 12.1 Å². The molecule has 28 heavy (non-hydrogen) atoms. The topological polar surface area (TPSA) is 66.9 Å². The van der Waals surface area contributed by atoms with Crippen LogP contribution in [0, 0.1) is 24.4 Å². The molecule has 0 atom stereocenters. The summed E-state index contributed by atoms with van der Waals surface area (Å²) >= 11 is 0. The third-order valence-corrected chi connectivity index (χ3v) is 3.88. The Morgan fingerprint density at radius 1 is 0.964 bits per heavy atom. The standard InChI is InChI=1S/C20H17F3N4O/c1-12-25-18(20(28)27-15-6-7-16(22)17(23)10-15)11-19(26-12)24-9-8-13-2-4-14(21)5-3-13/h2-7,10-11H,8-9H2,1H3,(H,27,28)(H,24,25,26). The van der Waals surface area contributed by atoms with Gasteiger partial charge in [-0.25, -0.2) is 23.1 Å². The number of halogens is 3. The number of anilines is 2. The van der Waals surface area contributed by atoms with Gasteiger partial charge in [0.15, 0.2) is 11.6 Å². The van der Waals surface area contributed by atoms with Crippen LogP contribution in [0.2, 0.25) is 0 Å². The van der Waals surface area contributed by atoms with Gasteiger partial charge in [0.1, 0.15) is 23.2 Å². The van der Waals surface area contributed by atoms with E-state index in [4.69, 9.17) is 0 Å². The molecule has 0 radical (unpaired) electrons. The largest absolute Gasteiger partial charge is 0.370 e. The van der Waals surface area contributed by atoms with Crippen LogP contribution in [0.5, 0.6) is 0 Å². The Hall–Kier alpha value is -3.42. The molecule has 0 unspecified atom stereocenters. The highest BCUT2D eigenvalue weighted by molar-refractivity contribution is 6.03. The Labute approximate surface area is 159 Å². The van der Waals surface area contributed by atoms with Crippen LogP contribution in [0.1, 0.15) is 21.9 Å². The summed E-state index contributed by atoms with van der Waals surface area (Å²) in [4.78, 5) is 20.7. The highest BCUT2D eigenvalue weighted by atomic mass is 19.2. The van der Waals surface area contributed by atoms with E-state index in [0.29, 0.717) is 24.6 Å². The van der Waals surface area contributed by atoms with Crippen molar-refractivity contribution in [1.29, 1.82) is 0 Å². The Bertz CT molecular complexity index is 993.